The summed E-state index contributed by atoms with van der Waals surface area (Å²) >= 11 is 0. The summed E-state index contributed by atoms with van der Waals surface area (Å²) in [6.07, 6.45) is 3.89. The van der Waals surface area contributed by atoms with Crippen LogP contribution in [0.25, 0.3) is 6.08 Å². The van der Waals surface area contributed by atoms with E-state index in [4.69, 9.17) is 14.2 Å². The zero-order chi connectivity index (χ0) is 30.9. The molecule has 0 unspecified atom stereocenters. The highest BCUT2D eigenvalue weighted by atomic mass is 16.7. The van der Waals surface area contributed by atoms with E-state index >= 15 is 4.79 Å². The number of amides is 1. The predicted octanol–water partition coefficient (Wildman–Crippen LogP) is 5.20. The third-order valence-corrected chi connectivity index (χ3v) is 9.15. The minimum atomic E-state index is -1.44. The van der Waals surface area contributed by atoms with Crippen molar-refractivity contribution in [3.05, 3.63) is 119 Å². The van der Waals surface area contributed by atoms with Crippen molar-refractivity contribution >= 4 is 40.9 Å². The molecule has 0 radical (unpaired) electrons. The van der Waals surface area contributed by atoms with Crippen molar-refractivity contribution < 1.29 is 33.4 Å². The lowest BCUT2D eigenvalue weighted by Crippen LogP contribution is -2.51. The monoisotopic (exact) mass is 598 g/mol. The number of Topliss-reactive ketones (excluding diaryl/α,β-unsaturated/α-hetero) is 2. The molecule has 1 fully saturated rings. The van der Waals surface area contributed by atoms with Crippen LogP contribution in [0.15, 0.2) is 97.1 Å². The fourth-order valence-corrected chi connectivity index (χ4v) is 7.37. The van der Waals surface area contributed by atoms with Crippen LogP contribution in [0.5, 0.6) is 17.2 Å². The number of fused-ring (bicyclic) bond motifs is 7. The first-order valence-corrected chi connectivity index (χ1v) is 14.6. The molecule has 8 rings (SSSR count). The molecular weight excluding hydrogens is 572 g/mol. The standard InChI is InChI=1S/C36H26N2O7/c1-20(39)45-24-14-10-22(11-15-24)34(41)32-31(33(40)23-12-16-28-29(18-23)44-19-43-28)36(25-7-3-4-8-26(25)37-35(36)42)30-17-13-21-6-2-5-9-27(21)38(30)32/h2-18,30-32H,19H2,1H3,(H,37,42)/t30-,31-,32-,36-/m1/s1. The summed E-state index contributed by atoms with van der Waals surface area (Å²) in [6.45, 7) is 1.34. The molecule has 1 N–H and O–H groups in total. The molecule has 4 aromatic carbocycles. The summed E-state index contributed by atoms with van der Waals surface area (Å²) in [6, 6.07) is 24.5. The fraction of sp³-hybridized carbons (Fsp3) is 0.167. The average molecular weight is 599 g/mol. The molecule has 9 nitrogen and oxygen atoms in total. The van der Waals surface area contributed by atoms with Crippen molar-refractivity contribution in [2.45, 2.75) is 24.4 Å². The normalized spacial score (nSPS) is 23.3. The first-order valence-electron chi connectivity index (χ1n) is 14.6. The van der Waals surface area contributed by atoms with Crippen molar-refractivity contribution in [2.24, 2.45) is 5.92 Å². The van der Waals surface area contributed by atoms with Gasteiger partial charge in [-0.05, 0) is 65.7 Å². The topological polar surface area (TPSA) is 111 Å². The van der Waals surface area contributed by atoms with Crippen molar-refractivity contribution in [1.29, 1.82) is 0 Å². The summed E-state index contributed by atoms with van der Waals surface area (Å²) in [5.74, 6) is -1.43. The molecule has 0 aliphatic carbocycles. The van der Waals surface area contributed by atoms with Gasteiger partial charge in [0, 0.05) is 29.4 Å². The second-order valence-electron chi connectivity index (χ2n) is 11.5. The maximum absolute atomic E-state index is 15.0. The predicted molar refractivity (Wildman–Crippen MR) is 165 cm³/mol. The van der Waals surface area contributed by atoms with Crippen LogP contribution in [0, 0.1) is 5.92 Å². The van der Waals surface area contributed by atoms with Crippen molar-refractivity contribution in [2.75, 3.05) is 17.0 Å². The zero-order valence-electron chi connectivity index (χ0n) is 24.1. The fourth-order valence-electron chi connectivity index (χ4n) is 7.37. The Morgan fingerprint density at radius 3 is 2.42 bits per heavy atom. The van der Waals surface area contributed by atoms with Crippen molar-refractivity contribution in [3.8, 4) is 17.2 Å². The SMILES string of the molecule is CC(=O)Oc1ccc(C(=O)[C@H]2[C@H](C(=O)c3ccc4c(c3)OCO4)[C@]3(C(=O)Nc4ccccc43)[C@H]3C=Cc4ccccc4N23)cc1. The molecule has 45 heavy (non-hydrogen) atoms. The van der Waals surface area contributed by atoms with Gasteiger partial charge in [-0.25, -0.2) is 0 Å². The minimum Gasteiger partial charge on any atom is -0.454 e. The van der Waals surface area contributed by atoms with Crippen LogP contribution in [0.1, 0.15) is 38.8 Å². The van der Waals surface area contributed by atoms with Gasteiger partial charge in [-0.15, -0.1) is 0 Å². The highest BCUT2D eigenvalue weighted by Gasteiger charge is 2.70. The maximum Gasteiger partial charge on any atom is 0.308 e. The Morgan fingerprint density at radius 1 is 0.867 bits per heavy atom. The number of para-hydroxylation sites is 2. The zero-order valence-corrected chi connectivity index (χ0v) is 24.1. The molecular formula is C36H26N2O7. The number of benzene rings is 4. The summed E-state index contributed by atoms with van der Waals surface area (Å²) < 4.78 is 16.3. The van der Waals surface area contributed by atoms with Crippen molar-refractivity contribution in [1.82, 2.24) is 0 Å². The number of carbonyl (C=O) groups is 4. The van der Waals surface area contributed by atoms with E-state index in [1.54, 1.807) is 42.5 Å². The van der Waals surface area contributed by atoms with Gasteiger partial charge in [0.2, 0.25) is 12.7 Å². The van der Waals surface area contributed by atoms with Crippen LogP contribution in [0.2, 0.25) is 0 Å². The van der Waals surface area contributed by atoms with E-state index in [2.05, 4.69) is 5.32 Å². The Hall–Kier alpha value is -5.70. The minimum absolute atomic E-state index is 0.0397. The highest BCUT2D eigenvalue weighted by molar-refractivity contribution is 6.18. The Morgan fingerprint density at radius 2 is 1.60 bits per heavy atom. The molecule has 1 saturated heterocycles. The Labute approximate surface area is 258 Å². The summed E-state index contributed by atoms with van der Waals surface area (Å²) in [5.41, 5.74) is 2.07. The van der Waals surface area contributed by atoms with Gasteiger partial charge in [0.15, 0.2) is 23.1 Å². The molecule has 4 heterocycles. The Kier molecular flexibility index (Phi) is 5.93. The number of rotatable bonds is 5. The maximum atomic E-state index is 15.0. The van der Waals surface area contributed by atoms with E-state index < -0.39 is 29.4 Å². The number of hydrogen-bond acceptors (Lipinski definition) is 8. The second-order valence-corrected chi connectivity index (χ2v) is 11.5. The molecule has 0 aromatic heterocycles. The number of ether oxygens (including phenoxy) is 3. The number of anilines is 2. The number of hydrogen-bond donors (Lipinski definition) is 1. The lowest BCUT2D eigenvalue weighted by atomic mass is 9.64. The van der Waals surface area contributed by atoms with Gasteiger partial charge in [0.25, 0.3) is 0 Å². The van der Waals surface area contributed by atoms with Crippen LogP contribution >= 0.6 is 0 Å². The average Bonchev–Trinajstić information content (AvgIpc) is 3.73. The lowest BCUT2D eigenvalue weighted by molar-refractivity contribution is -0.131. The van der Waals surface area contributed by atoms with Crippen LogP contribution in [-0.4, -0.2) is 42.3 Å². The van der Waals surface area contributed by atoms with Crippen LogP contribution in [0.4, 0.5) is 11.4 Å². The van der Waals surface area contributed by atoms with Crippen LogP contribution in [0.3, 0.4) is 0 Å². The Balaban J connectivity index is 1.36. The smallest absolute Gasteiger partial charge is 0.308 e. The molecule has 222 valence electrons. The second kappa shape index (κ2) is 9.92. The number of carbonyl (C=O) groups excluding carboxylic acids is 4. The molecule has 4 atom stereocenters. The van der Waals surface area contributed by atoms with E-state index in [1.165, 1.54) is 6.92 Å². The van der Waals surface area contributed by atoms with E-state index in [0.29, 0.717) is 39.6 Å². The molecule has 4 aliphatic heterocycles. The van der Waals surface area contributed by atoms with E-state index in [1.807, 2.05) is 65.6 Å². The van der Waals surface area contributed by atoms with Crippen molar-refractivity contribution in [3.63, 3.8) is 0 Å². The lowest BCUT2D eigenvalue weighted by Gasteiger charge is -2.37. The molecule has 9 heteroatoms. The first kappa shape index (κ1) is 26.9. The number of nitrogens with zero attached hydrogens (tertiary/aromatic N) is 1. The molecule has 1 spiro atoms. The van der Waals surface area contributed by atoms with Crippen LogP contribution < -0.4 is 24.4 Å². The first-order chi connectivity index (χ1) is 21.9. The third-order valence-electron chi connectivity index (χ3n) is 9.15. The van der Waals surface area contributed by atoms with Gasteiger partial charge in [-0.2, -0.15) is 0 Å². The van der Waals surface area contributed by atoms with Gasteiger partial charge in [0.1, 0.15) is 17.2 Å². The van der Waals surface area contributed by atoms with E-state index in [9.17, 15) is 14.4 Å². The third kappa shape index (κ3) is 3.86. The number of ketones is 2. The largest absolute Gasteiger partial charge is 0.454 e. The molecule has 4 aliphatic rings. The van der Waals surface area contributed by atoms with Gasteiger partial charge in [-0.3, -0.25) is 19.2 Å². The van der Waals surface area contributed by atoms with E-state index in [0.717, 1.165) is 11.3 Å². The molecule has 0 bridgehead atoms. The summed E-state index contributed by atoms with van der Waals surface area (Å²) in [5, 5.41) is 3.03. The number of esters is 1. The van der Waals surface area contributed by atoms with Gasteiger partial charge < -0.3 is 24.4 Å². The van der Waals surface area contributed by atoms with Crippen LogP contribution in [-0.2, 0) is 15.0 Å². The van der Waals surface area contributed by atoms with Gasteiger partial charge in [-0.1, -0.05) is 48.6 Å². The van der Waals surface area contributed by atoms with Gasteiger partial charge in [0.05, 0.1) is 12.0 Å². The van der Waals surface area contributed by atoms with Gasteiger partial charge >= 0.3 is 5.97 Å². The quantitative estimate of drug-likeness (QED) is 0.190. The summed E-state index contributed by atoms with van der Waals surface area (Å²) in [4.78, 5) is 57.8. The van der Waals surface area contributed by atoms with E-state index in [-0.39, 0.29) is 24.3 Å². The summed E-state index contributed by atoms with van der Waals surface area (Å²) in [7, 11) is 0. The molecule has 1 amide bonds. The molecule has 4 aromatic rings. The number of nitrogens with one attached hydrogen (secondary N) is 1. The highest BCUT2D eigenvalue weighted by Crippen LogP contribution is 2.58. The molecule has 0 saturated carbocycles. The Bertz CT molecular complexity index is 1970.